The van der Waals surface area contributed by atoms with Crippen LogP contribution < -0.4 is 5.32 Å². The van der Waals surface area contributed by atoms with E-state index in [1.54, 1.807) is 0 Å². The molecule has 0 bridgehead atoms. The van der Waals surface area contributed by atoms with Crippen LogP contribution in [-0.2, 0) is 22.6 Å². The molecular weight excluding hydrogens is 313 g/mol. The minimum Gasteiger partial charge on any atom is -0.481 e. The van der Waals surface area contributed by atoms with E-state index in [1.165, 1.54) is 24.3 Å². The van der Waals surface area contributed by atoms with Gasteiger partial charge in [-0.15, -0.1) is 0 Å². The third kappa shape index (κ3) is 5.72. The maximum atomic E-state index is 12.9. The number of carboxylic acid groups (broad SMARTS) is 1. The van der Waals surface area contributed by atoms with Crippen molar-refractivity contribution < 1.29 is 23.8 Å². The van der Waals surface area contributed by atoms with Crippen molar-refractivity contribution in [2.45, 2.75) is 13.0 Å². The van der Waals surface area contributed by atoms with Crippen LogP contribution in [-0.4, -0.2) is 23.7 Å². The lowest BCUT2D eigenvalue weighted by Gasteiger charge is -2.14. The quantitative estimate of drug-likeness (QED) is 0.818. The third-order valence-corrected chi connectivity index (χ3v) is 3.45. The second-order valence-electron chi connectivity index (χ2n) is 5.31. The summed E-state index contributed by atoms with van der Waals surface area (Å²) in [5, 5.41) is 11.7. The topological polar surface area (TPSA) is 75.6 Å². The van der Waals surface area contributed by atoms with E-state index in [4.69, 9.17) is 4.74 Å². The van der Waals surface area contributed by atoms with Crippen molar-refractivity contribution >= 4 is 12.1 Å². The van der Waals surface area contributed by atoms with Gasteiger partial charge in [-0.25, -0.2) is 9.18 Å². The second kappa shape index (κ2) is 8.67. The highest BCUT2D eigenvalue weighted by molar-refractivity contribution is 5.72. The van der Waals surface area contributed by atoms with Gasteiger partial charge in [-0.05, 0) is 29.7 Å². The van der Waals surface area contributed by atoms with Crippen LogP contribution in [0.1, 0.15) is 11.1 Å². The van der Waals surface area contributed by atoms with Gasteiger partial charge >= 0.3 is 12.1 Å². The van der Waals surface area contributed by atoms with Crippen LogP contribution >= 0.6 is 0 Å². The largest absolute Gasteiger partial charge is 0.481 e. The number of alkyl carbamates (subject to hydrolysis) is 1. The van der Waals surface area contributed by atoms with Crippen LogP contribution in [0.5, 0.6) is 0 Å². The van der Waals surface area contributed by atoms with Gasteiger partial charge < -0.3 is 15.2 Å². The zero-order valence-electron chi connectivity index (χ0n) is 12.9. The first-order valence-electron chi connectivity index (χ1n) is 7.46. The molecule has 0 saturated heterocycles. The number of carbonyl (C=O) groups excluding carboxylic acids is 1. The number of ether oxygens (including phenoxy) is 1. The minimum atomic E-state index is -1.04. The lowest BCUT2D eigenvalue weighted by atomic mass is 9.99. The molecule has 5 nitrogen and oxygen atoms in total. The molecule has 0 aliphatic heterocycles. The number of hydrogen-bond acceptors (Lipinski definition) is 3. The number of aliphatic carboxylic acids is 1. The summed E-state index contributed by atoms with van der Waals surface area (Å²) < 4.78 is 17.9. The van der Waals surface area contributed by atoms with Crippen molar-refractivity contribution in [3.8, 4) is 0 Å². The summed E-state index contributed by atoms with van der Waals surface area (Å²) in [6, 6.07) is 14.8. The van der Waals surface area contributed by atoms with Crippen molar-refractivity contribution in [2.75, 3.05) is 6.54 Å². The number of amides is 1. The number of halogens is 1. The summed E-state index contributed by atoms with van der Waals surface area (Å²) in [4.78, 5) is 23.0. The average molecular weight is 331 g/mol. The fourth-order valence-corrected chi connectivity index (χ4v) is 2.13. The first kappa shape index (κ1) is 17.5. The molecule has 0 heterocycles. The molecule has 2 aromatic carbocycles. The highest BCUT2D eigenvalue weighted by Gasteiger charge is 2.19. The van der Waals surface area contributed by atoms with E-state index in [0.717, 1.165) is 5.56 Å². The van der Waals surface area contributed by atoms with Gasteiger partial charge in [0, 0.05) is 6.54 Å². The molecule has 0 fully saturated rings. The summed E-state index contributed by atoms with van der Waals surface area (Å²) in [6.07, 6.45) is -0.488. The number of carboxylic acids is 1. The van der Waals surface area contributed by atoms with Gasteiger partial charge in [-0.1, -0.05) is 42.5 Å². The Kier molecular flexibility index (Phi) is 6.31. The van der Waals surface area contributed by atoms with Gasteiger partial charge in [0.1, 0.15) is 12.4 Å². The monoisotopic (exact) mass is 331 g/mol. The van der Waals surface area contributed by atoms with Crippen LogP contribution in [0.25, 0.3) is 0 Å². The fraction of sp³-hybridized carbons (Fsp3) is 0.222. The van der Waals surface area contributed by atoms with Crippen LogP contribution in [0.4, 0.5) is 9.18 Å². The van der Waals surface area contributed by atoms with Crippen LogP contribution in [0, 0.1) is 11.7 Å². The fourth-order valence-electron chi connectivity index (χ4n) is 2.13. The minimum absolute atomic E-state index is 0.0691. The first-order chi connectivity index (χ1) is 11.5. The summed E-state index contributed by atoms with van der Waals surface area (Å²) in [7, 11) is 0. The summed E-state index contributed by atoms with van der Waals surface area (Å²) >= 11 is 0. The standard InChI is InChI=1S/C18H18FNO4/c19-16-8-6-13(7-9-16)10-15(17(21)22)11-20-18(23)24-12-14-4-2-1-3-5-14/h1-9,15H,10-12H2,(H,20,23)(H,21,22)/t15-/m0/s1. The molecule has 24 heavy (non-hydrogen) atoms. The van der Waals surface area contributed by atoms with Crippen molar-refractivity contribution in [3.63, 3.8) is 0 Å². The molecule has 2 aromatic rings. The smallest absolute Gasteiger partial charge is 0.407 e. The van der Waals surface area contributed by atoms with E-state index in [1.807, 2.05) is 30.3 Å². The molecule has 1 amide bonds. The summed E-state index contributed by atoms with van der Waals surface area (Å²) in [5.74, 6) is -2.24. The summed E-state index contributed by atoms with van der Waals surface area (Å²) in [5.41, 5.74) is 1.52. The van der Waals surface area contributed by atoms with Gasteiger partial charge in [0.15, 0.2) is 0 Å². The molecule has 1 atom stereocenters. The second-order valence-corrected chi connectivity index (χ2v) is 5.31. The Morgan fingerprint density at radius 3 is 2.33 bits per heavy atom. The maximum Gasteiger partial charge on any atom is 0.407 e. The first-order valence-corrected chi connectivity index (χ1v) is 7.46. The van der Waals surface area contributed by atoms with Crippen molar-refractivity contribution in [3.05, 3.63) is 71.5 Å². The van der Waals surface area contributed by atoms with E-state index >= 15 is 0 Å². The Labute approximate surface area is 139 Å². The van der Waals surface area contributed by atoms with Crippen molar-refractivity contribution in [1.82, 2.24) is 5.32 Å². The number of hydrogen-bond donors (Lipinski definition) is 2. The molecule has 0 aromatic heterocycles. The normalized spacial score (nSPS) is 11.5. The van der Waals surface area contributed by atoms with E-state index in [2.05, 4.69) is 5.32 Å². The van der Waals surface area contributed by atoms with Gasteiger partial charge in [0.2, 0.25) is 0 Å². The van der Waals surface area contributed by atoms with E-state index in [9.17, 15) is 19.1 Å². The van der Waals surface area contributed by atoms with Gasteiger partial charge in [0.25, 0.3) is 0 Å². The Morgan fingerprint density at radius 2 is 1.71 bits per heavy atom. The molecule has 0 aliphatic rings. The summed E-state index contributed by atoms with van der Waals surface area (Å²) in [6.45, 7) is 0.0444. The zero-order chi connectivity index (χ0) is 17.4. The van der Waals surface area contributed by atoms with Crippen LogP contribution in [0.15, 0.2) is 54.6 Å². The Morgan fingerprint density at radius 1 is 1.04 bits per heavy atom. The number of benzene rings is 2. The van der Waals surface area contributed by atoms with Gasteiger partial charge in [-0.2, -0.15) is 0 Å². The van der Waals surface area contributed by atoms with Crippen molar-refractivity contribution in [1.29, 1.82) is 0 Å². The number of nitrogens with one attached hydrogen (secondary N) is 1. The molecule has 0 saturated carbocycles. The molecule has 0 unspecified atom stereocenters. The SMILES string of the molecule is O=C(NC[C@H](Cc1ccc(F)cc1)C(=O)O)OCc1ccccc1. The van der Waals surface area contributed by atoms with E-state index < -0.39 is 18.0 Å². The Balaban J connectivity index is 1.81. The number of carbonyl (C=O) groups is 2. The van der Waals surface area contributed by atoms with Crippen LogP contribution in [0.3, 0.4) is 0 Å². The molecule has 0 aliphatic carbocycles. The lowest BCUT2D eigenvalue weighted by Crippen LogP contribution is -2.34. The predicted molar refractivity (Wildman–Crippen MR) is 85.9 cm³/mol. The Hall–Kier alpha value is -2.89. The lowest BCUT2D eigenvalue weighted by molar-refractivity contribution is -0.141. The van der Waals surface area contributed by atoms with Gasteiger partial charge in [-0.3, -0.25) is 4.79 Å². The molecule has 2 N–H and O–H groups in total. The highest BCUT2D eigenvalue weighted by atomic mass is 19.1. The average Bonchev–Trinajstić information content (AvgIpc) is 2.59. The molecular formula is C18H18FNO4. The third-order valence-electron chi connectivity index (χ3n) is 3.45. The molecule has 0 spiro atoms. The Bertz CT molecular complexity index is 673. The highest BCUT2D eigenvalue weighted by Crippen LogP contribution is 2.10. The van der Waals surface area contributed by atoms with E-state index in [0.29, 0.717) is 5.56 Å². The molecule has 0 radical (unpaired) electrons. The van der Waals surface area contributed by atoms with Crippen LogP contribution in [0.2, 0.25) is 0 Å². The molecule has 126 valence electrons. The molecule has 2 rings (SSSR count). The number of rotatable bonds is 7. The van der Waals surface area contributed by atoms with E-state index in [-0.39, 0.29) is 25.4 Å². The van der Waals surface area contributed by atoms with Gasteiger partial charge in [0.05, 0.1) is 5.92 Å². The van der Waals surface area contributed by atoms with Crippen molar-refractivity contribution in [2.24, 2.45) is 5.92 Å². The zero-order valence-corrected chi connectivity index (χ0v) is 12.9. The predicted octanol–water partition coefficient (Wildman–Crippen LogP) is 3.00. The maximum absolute atomic E-state index is 12.9. The molecule has 6 heteroatoms.